The second kappa shape index (κ2) is 6.69. The van der Waals surface area contributed by atoms with Crippen LogP contribution in [0.15, 0.2) is 12.1 Å². The Morgan fingerprint density at radius 1 is 1.44 bits per heavy atom. The summed E-state index contributed by atoms with van der Waals surface area (Å²) >= 11 is 1.95. The largest absolute Gasteiger partial charge is 0.329 e. The molecule has 2 rings (SSSR count). The zero-order valence-electron chi connectivity index (χ0n) is 11.7. The van der Waals surface area contributed by atoms with E-state index in [0.29, 0.717) is 6.04 Å². The van der Waals surface area contributed by atoms with Gasteiger partial charge in [-0.2, -0.15) is 0 Å². The maximum absolute atomic E-state index is 6.04. The summed E-state index contributed by atoms with van der Waals surface area (Å²) in [4.78, 5) is 5.56. The summed E-state index contributed by atoms with van der Waals surface area (Å²) < 4.78 is 0. The molecule has 0 aromatic carbocycles. The first kappa shape index (κ1) is 14.0. The van der Waals surface area contributed by atoms with Crippen molar-refractivity contribution in [2.24, 2.45) is 11.7 Å². The molecular weight excluding hydrogens is 240 g/mol. The quantitative estimate of drug-likeness (QED) is 0.884. The highest BCUT2D eigenvalue weighted by Gasteiger charge is 2.26. The number of hydrogen-bond acceptors (Lipinski definition) is 3. The lowest BCUT2D eigenvalue weighted by atomic mass is 9.94. The molecule has 2 heterocycles. The number of thiophene rings is 1. The molecule has 1 aromatic heterocycles. The van der Waals surface area contributed by atoms with Crippen molar-refractivity contribution in [1.82, 2.24) is 4.90 Å². The maximum Gasteiger partial charge on any atom is 0.0564 e. The van der Waals surface area contributed by atoms with Gasteiger partial charge in [0.05, 0.1) is 6.04 Å². The summed E-state index contributed by atoms with van der Waals surface area (Å²) in [6, 6.07) is 5.00. The van der Waals surface area contributed by atoms with Gasteiger partial charge in [0.1, 0.15) is 0 Å². The van der Waals surface area contributed by atoms with Gasteiger partial charge in [-0.1, -0.05) is 20.3 Å². The summed E-state index contributed by atoms with van der Waals surface area (Å²) in [5, 5.41) is 0. The zero-order valence-corrected chi connectivity index (χ0v) is 12.5. The van der Waals surface area contributed by atoms with Gasteiger partial charge in [0.25, 0.3) is 0 Å². The summed E-state index contributed by atoms with van der Waals surface area (Å²) in [7, 11) is 0. The molecule has 1 saturated heterocycles. The van der Waals surface area contributed by atoms with E-state index in [-0.39, 0.29) is 0 Å². The molecule has 1 aliphatic heterocycles. The lowest BCUT2D eigenvalue weighted by Crippen LogP contribution is -2.40. The number of nitrogens with zero attached hydrogens (tertiary/aromatic N) is 1. The van der Waals surface area contributed by atoms with Gasteiger partial charge in [0, 0.05) is 22.8 Å². The zero-order chi connectivity index (χ0) is 13.0. The van der Waals surface area contributed by atoms with Gasteiger partial charge in [-0.3, -0.25) is 4.90 Å². The Balaban J connectivity index is 2.07. The fourth-order valence-corrected chi connectivity index (χ4v) is 4.02. The summed E-state index contributed by atoms with van der Waals surface area (Å²) in [6.45, 7) is 7.74. The number of piperidine rings is 1. The Bertz CT molecular complexity index is 361. The second-order valence-corrected chi connectivity index (χ2v) is 6.52. The van der Waals surface area contributed by atoms with E-state index in [4.69, 9.17) is 5.73 Å². The van der Waals surface area contributed by atoms with Gasteiger partial charge in [0.2, 0.25) is 0 Å². The van der Waals surface area contributed by atoms with E-state index in [2.05, 4.69) is 30.9 Å². The van der Waals surface area contributed by atoms with Crippen LogP contribution >= 0.6 is 11.3 Å². The molecular formula is C15H26N2S. The number of hydrogen-bond donors (Lipinski definition) is 1. The van der Waals surface area contributed by atoms with Crippen molar-refractivity contribution in [3.05, 3.63) is 21.9 Å². The average Bonchev–Trinajstić information content (AvgIpc) is 2.88. The van der Waals surface area contributed by atoms with Crippen molar-refractivity contribution in [2.75, 3.05) is 19.6 Å². The first-order valence-corrected chi connectivity index (χ1v) is 8.12. The van der Waals surface area contributed by atoms with E-state index in [1.165, 1.54) is 42.1 Å². The highest BCUT2D eigenvalue weighted by Crippen LogP contribution is 2.31. The Morgan fingerprint density at radius 3 is 2.89 bits per heavy atom. The molecule has 1 fully saturated rings. The predicted molar refractivity (Wildman–Crippen MR) is 80.1 cm³/mol. The van der Waals surface area contributed by atoms with Crippen molar-refractivity contribution in [3.8, 4) is 0 Å². The molecule has 2 unspecified atom stereocenters. The molecule has 0 spiro atoms. The molecule has 1 aliphatic rings. The van der Waals surface area contributed by atoms with Crippen LogP contribution < -0.4 is 5.73 Å². The smallest absolute Gasteiger partial charge is 0.0564 e. The van der Waals surface area contributed by atoms with Gasteiger partial charge in [-0.25, -0.2) is 0 Å². The molecule has 0 saturated carbocycles. The summed E-state index contributed by atoms with van der Waals surface area (Å²) in [5.74, 6) is 0.874. The Morgan fingerprint density at radius 2 is 2.28 bits per heavy atom. The van der Waals surface area contributed by atoms with E-state index in [1.807, 2.05) is 11.3 Å². The first-order valence-electron chi connectivity index (χ1n) is 7.31. The molecule has 2 nitrogen and oxygen atoms in total. The van der Waals surface area contributed by atoms with Crippen molar-refractivity contribution >= 4 is 11.3 Å². The molecule has 0 bridgehead atoms. The SMILES string of the molecule is CCc1ccc(C(CN)N2CCCC(CC)C2)s1. The van der Waals surface area contributed by atoms with E-state index in [1.54, 1.807) is 0 Å². The Kier molecular flexibility index (Phi) is 5.22. The van der Waals surface area contributed by atoms with Crippen LogP contribution in [0.2, 0.25) is 0 Å². The Labute approximate surface area is 115 Å². The molecule has 102 valence electrons. The third kappa shape index (κ3) is 3.14. The van der Waals surface area contributed by atoms with E-state index < -0.39 is 0 Å². The van der Waals surface area contributed by atoms with E-state index in [9.17, 15) is 0 Å². The lowest BCUT2D eigenvalue weighted by Gasteiger charge is -2.37. The Hall–Kier alpha value is -0.380. The molecule has 18 heavy (non-hydrogen) atoms. The molecule has 0 aliphatic carbocycles. The minimum absolute atomic E-state index is 0.449. The monoisotopic (exact) mass is 266 g/mol. The van der Waals surface area contributed by atoms with Crippen molar-refractivity contribution in [1.29, 1.82) is 0 Å². The molecule has 0 radical (unpaired) electrons. The van der Waals surface area contributed by atoms with Gasteiger partial charge >= 0.3 is 0 Å². The van der Waals surface area contributed by atoms with Crippen molar-refractivity contribution in [3.63, 3.8) is 0 Å². The highest BCUT2D eigenvalue weighted by molar-refractivity contribution is 7.12. The molecule has 1 aromatic rings. The normalized spacial score (nSPS) is 23.2. The molecule has 2 N–H and O–H groups in total. The summed E-state index contributed by atoms with van der Waals surface area (Å²) in [6.07, 6.45) is 5.17. The van der Waals surface area contributed by atoms with Gasteiger partial charge in [0.15, 0.2) is 0 Å². The average molecular weight is 266 g/mol. The van der Waals surface area contributed by atoms with E-state index >= 15 is 0 Å². The third-order valence-corrected chi connectivity index (χ3v) is 5.48. The van der Waals surface area contributed by atoms with Crippen LogP contribution in [0.3, 0.4) is 0 Å². The predicted octanol–water partition coefficient (Wildman–Crippen LogP) is 3.43. The molecule has 2 atom stereocenters. The third-order valence-electron chi connectivity index (χ3n) is 4.15. The maximum atomic E-state index is 6.04. The van der Waals surface area contributed by atoms with Crippen molar-refractivity contribution in [2.45, 2.75) is 45.6 Å². The van der Waals surface area contributed by atoms with Gasteiger partial charge < -0.3 is 5.73 Å². The van der Waals surface area contributed by atoms with Crippen molar-refractivity contribution < 1.29 is 0 Å². The van der Waals surface area contributed by atoms with Gasteiger partial charge in [-0.05, 0) is 43.9 Å². The highest BCUT2D eigenvalue weighted by atomic mass is 32.1. The van der Waals surface area contributed by atoms with Crippen LogP contribution in [0.25, 0.3) is 0 Å². The lowest BCUT2D eigenvalue weighted by molar-refractivity contribution is 0.126. The van der Waals surface area contributed by atoms with E-state index in [0.717, 1.165) is 18.9 Å². The minimum atomic E-state index is 0.449. The molecule has 3 heteroatoms. The second-order valence-electron chi connectivity index (χ2n) is 5.32. The fraction of sp³-hybridized carbons (Fsp3) is 0.733. The number of aryl methyl sites for hydroxylation is 1. The van der Waals surface area contributed by atoms with Crippen LogP contribution in [-0.4, -0.2) is 24.5 Å². The van der Waals surface area contributed by atoms with Crippen LogP contribution in [-0.2, 0) is 6.42 Å². The van der Waals surface area contributed by atoms with Crippen LogP contribution in [0.4, 0.5) is 0 Å². The number of likely N-dealkylation sites (tertiary alicyclic amines) is 1. The minimum Gasteiger partial charge on any atom is -0.329 e. The fourth-order valence-electron chi connectivity index (χ4n) is 2.92. The van der Waals surface area contributed by atoms with Crippen LogP contribution in [0, 0.1) is 5.92 Å². The summed E-state index contributed by atoms with van der Waals surface area (Å²) in [5.41, 5.74) is 6.04. The standard InChI is InChI=1S/C15H26N2S/c1-3-12-6-5-9-17(11-12)14(10-16)15-8-7-13(4-2)18-15/h7-8,12,14H,3-6,9-11,16H2,1-2H3. The number of rotatable bonds is 5. The first-order chi connectivity index (χ1) is 8.78. The van der Waals surface area contributed by atoms with Crippen LogP contribution in [0.1, 0.15) is 48.9 Å². The molecule has 0 amide bonds. The number of nitrogens with two attached hydrogens (primary N) is 1. The van der Waals surface area contributed by atoms with Crippen LogP contribution in [0.5, 0.6) is 0 Å². The topological polar surface area (TPSA) is 29.3 Å². The van der Waals surface area contributed by atoms with Gasteiger partial charge in [-0.15, -0.1) is 11.3 Å².